The first kappa shape index (κ1) is 19.4. The van der Waals surface area contributed by atoms with Gasteiger partial charge in [-0.25, -0.2) is 4.79 Å². The third-order valence-corrected chi connectivity index (χ3v) is 4.97. The molecule has 28 heavy (non-hydrogen) atoms. The van der Waals surface area contributed by atoms with Gasteiger partial charge in [-0.2, -0.15) is 0 Å². The standard InChI is InChI=1S/C21H18N2O4S/c22-19(24)13-28-18-11-4-3-9-16(18)21(26)27-12-20(25)23-17-10-5-7-14-6-1-2-8-15(14)17/h1-11H,12-13H2,(H2,22,24)(H,23,25). The molecule has 3 aromatic carbocycles. The maximum Gasteiger partial charge on any atom is 0.339 e. The quantitative estimate of drug-likeness (QED) is 0.474. The van der Waals surface area contributed by atoms with Crippen LogP contribution in [-0.4, -0.2) is 30.1 Å². The Morgan fingerprint density at radius 3 is 2.46 bits per heavy atom. The predicted octanol–water partition coefficient (Wildman–Crippen LogP) is 3.21. The smallest absolute Gasteiger partial charge is 0.339 e. The summed E-state index contributed by atoms with van der Waals surface area (Å²) in [7, 11) is 0. The molecule has 2 amide bonds. The number of nitrogens with one attached hydrogen (secondary N) is 1. The number of hydrogen-bond donors (Lipinski definition) is 2. The van der Waals surface area contributed by atoms with Crippen molar-refractivity contribution in [3.05, 3.63) is 72.3 Å². The molecule has 3 rings (SSSR count). The molecule has 0 radical (unpaired) electrons. The number of thioether (sulfide) groups is 1. The lowest BCUT2D eigenvalue weighted by Crippen LogP contribution is -2.21. The molecule has 3 N–H and O–H groups in total. The molecule has 0 aliphatic carbocycles. The number of carbonyl (C=O) groups excluding carboxylic acids is 3. The highest BCUT2D eigenvalue weighted by Crippen LogP contribution is 2.24. The Labute approximate surface area is 166 Å². The first-order chi connectivity index (χ1) is 13.5. The lowest BCUT2D eigenvalue weighted by Gasteiger charge is -2.10. The summed E-state index contributed by atoms with van der Waals surface area (Å²) >= 11 is 1.15. The van der Waals surface area contributed by atoms with Crippen LogP contribution in [0, 0.1) is 0 Å². The maximum absolute atomic E-state index is 12.3. The van der Waals surface area contributed by atoms with Gasteiger partial charge in [0, 0.05) is 16.0 Å². The average Bonchev–Trinajstić information content (AvgIpc) is 2.71. The minimum Gasteiger partial charge on any atom is -0.452 e. The Morgan fingerprint density at radius 1 is 0.929 bits per heavy atom. The molecule has 7 heteroatoms. The number of hydrogen-bond acceptors (Lipinski definition) is 5. The number of nitrogens with two attached hydrogens (primary N) is 1. The fourth-order valence-electron chi connectivity index (χ4n) is 2.64. The Morgan fingerprint density at radius 2 is 1.64 bits per heavy atom. The fourth-order valence-corrected chi connectivity index (χ4v) is 3.42. The molecule has 0 atom stereocenters. The van der Waals surface area contributed by atoms with Crippen LogP contribution in [0.5, 0.6) is 0 Å². The minimum absolute atomic E-state index is 0.0475. The largest absolute Gasteiger partial charge is 0.452 e. The number of rotatable bonds is 7. The van der Waals surface area contributed by atoms with Gasteiger partial charge < -0.3 is 15.8 Å². The van der Waals surface area contributed by atoms with Crippen LogP contribution in [0.2, 0.25) is 0 Å². The highest BCUT2D eigenvalue weighted by molar-refractivity contribution is 8.00. The first-order valence-electron chi connectivity index (χ1n) is 8.49. The summed E-state index contributed by atoms with van der Waals surface area (Å²) in [4.78, 5) is 36.1. The van der Waals surface area contributed by atoms with Crippen molar-refractivity contribution in [3.8, 4) is 0 Å². The van der Waals surface area contributed by atoms with Gasteiger partial charge in [-0.1, -0.05) is 48.5 Å². The Balaban J connectivity index is 1.63. The van der Waals surface area contributed by atoms with E-state index in [1.165, 1.54) is 0 Å². The third-order valence-electron chi connectivity index (χ3n) is 3.87. The van der Waals surface area contributed by atoms with Crippen molar-refractivity contribution >= 4 is 46.0 Å². The van der Waals surface area contributed by atoms with E-state index in [0.717, 1.165) is 22.5 Å². The fraction of sp³-hybridized carbons (Fsp3) is 0.0952. The number of esters is 1. The molecular weight excluding hydrogens is 376 g/mol. The minimum atomic E-state index is -0.638. The average molecular weight is 394 g/mol. The van der Waals surface area contributed by atoms with Gasteiger partial charge in [0.1, 0.15) is 0 Å². The second kappa shape index (κ2) is 9.05. The molecule has 0 aliphatic heterocycles. The number of anilines is 1. The second-order valence-electron chi connectivity index (χ2n) is 5.90. The van der Waals surface area contributed by atoms with Crippen molar-refractivity contribution in [1.82, 2.24) is 0 Å². The number of amides is 2. The number of benzene rings is 3. The van der Waals surface area contributed by atoms with Crippen LogP contribution in [0.1, 0.15) is 10.4 Å². The molecule has 0 aromatic heterocycles. The normalized spacial score (nSPS) is 10.4. The summed E-state index contributed by atoms with van der Waals surface area (Å²) in [5.41, 5.74) is 6.08. The number of ether oxygens (including phenoxy) is 1. The molecule has 0 spiro atoms. The molecule has 3 aromatic rings. The molecule has 142 valence electrons. The Kier molecular flexibility index (Phi) is 6.29. The highest BCUT2D eigenvalue weighted by Gasteiger charge is 2.15. The molecule has 0 saturated carbocycles. The van der Waals surface area contributed by atoms with Gasteiger partial charge in [-0.05, 0) is 23.6 Å². The molecule has 0 bridgehead atoms. The van der Waals surface area contributed by atoms with Gasteiger partial charge in [0.25, 0.3) is 5.91 Å². The summed E-state index contributed by atoms with van der Waals surface area (Å²) < 4.78 is 5.14. The zero-order valence-electron chi connectivity index (χ0n) is 14.9. The topological polar surface area (TPSA) is 98.5 Å². The molecule has 6 nitrogen and oxygen atoms in total. The van der Waals surface area contributed by atoms with E-state index in [1.54, 1.807) is 30.3 Å². The molecular formula is C21H18N2O4S. The zero-order chi connectivity index (χ0) is 19.9. The number of fused-ring (bicyclic) bond motifs is 1. The second-order valence-corrected chi connectivity index (χ2v) is 6.92. The van der Waals surface area contributed by atoms with Crippen molar-refractivity contribution in [2.24, 2.45) is 5.73 Å². The van der Waals surface area contributed by atoms with Crippen LogP contribution in [0.15, 0.2) is 71.6 Å². The third kappa shape index (κ3) is 4.89. The van der Waals surface area contributed by atoms with Crippen LogP contribution >= 0.6 is 11.8 Å². The van der Waals surface area contributed by atoms with Crippen LogP contribution in [0.25, 0.3) is 10.8 Å². The zero-order valence-corrected chi connectivity index (χ0v) is 15.7. The van der Waals surface area contributed by atoms with E-state index in [1.807, 2.05) is 36.4 Å². The van der Waals surface area contributed by atoms with Gasteiger partial charge in [0.15, 0.2) is 6.61 Å². The van der Waals surface area contributed by atoms with Crippen LogP contribution < -0.4 is 11.1 Å². The van der Waals surface area contributed by atoms with Gasteiger partial charge in [0.05, 0.1) is 11.3 Å². The highest BCUT2D eigenvalue weighted by atomic mass is 32.2. The van der Waals surface area contributed by atoms with E-state index in [9.17, 15) is 14.4 Å². The van der Waals surface area contributed by atoms with E-state index in [0.29, 0.717) is 10.6 Å². The van der Waals surface area contributed by atoms with Gasteiger partial charge in [0.2, 0.25) is 5.91 Å². The summed E-state index contributed by atoms with van der Waals surface area (Å²) in [6, 6.07) is 19.9. The predicted molar refractivity (Wildman–Crippen MR) is 109 cm³/mol. The maximum atomic E-state index is 12.3. The molecule has 0 aliphatic rings. The number of carbonyl (C=O) groups is 3. The summed E-state index contributed by atoms with van der Waals surface area (Å²) in [5, 5.41) is 4.66. The van der Waals surface area contributed by atoms with E-state index in [-0.39, 0.29) is 11.3 Å². The lowest BCUT2D eigenvalue weighted by atomic mass is 10.1. The summed E-state index contributed by atoms with van der Waals surface area (Å²) in [6.07, 6.45) is 0. The van der Waals surface area contributed by atoms with Crippen molar-refractivity contribution in [2.45, 2.75) is 4.90 Å². The SMILES string of the molecule is NC(=O)CSc1ccccc1C(=O)OCC(=O)Nc1cccc2ccccc12. The molecule has 0 unspecified atom stereocenters. The van der Waals surface area contributed by atoms with Gasteiger partial charge >= 0.3 is 5.97 Å². The first-order valence-corrected chi connectivity index (χ1v) is 9.48. The van der Waals surface area contributed by atoms with Crippen molar-refractivity contribution in [1.29, 1.82) is 0 Å². The van der Waals surface area contributed by atoms with Crippen LogP contribution in [0.4, 0.5) is 5.69 Å². The van der Waals surface area contributed by atoms with E-state index >= 15 is 0 Å². The van der Waals surface area contributed by atoms with Gasteiger partial charge in [-0.15, -0.1) is 11.8 Å². The van der Waals surface area contributed by atoms with Gasteiger partial charge in [-0.3, -0.25) is 9.59 Å². The van der Waals surface area contributed by atoms with E-state index < -0.39 is 24.4 Å². The Hall–Kier alpha value is -3.32. The molecule has 0 heterocycles. The Bertz CT molecular complexity index is 1030. The van der Waals surface area contributed by atoms with E-state index in [2.05, 4.69) is 5.32 Å². The number of primary amides is 1. The van der Waals surface area contributed by atoms with Crippen molar-refractivity contribution in [2.75, 3.05) is 17.7 Å². The molecule has 0 saturated heterocycles. The van der Waals surface area contributed by atoms with Crippen LogP contribution in [0.3, 0.4) is 0 Å². The summed E-state index contributed by atoms with van der Waals surface area (Å²) in [6.45, 7) is -0.420. The monoisotopic (exact) mass is 394 g/mol. The summed E-state index contributed by atoms with van der Waals surface area (Å²) in [5.74, 6) is -1.51. The molecule has 0 fully saturated rings. The van der Waals surface area contributed by atoms with Crippen molar-refractivity contribution < 1.29 is 19.1 Å². The van der Waals surface area contributed by atoms with E-state index in [4.69, 9.17) is 10.5 Å². The van der Waals surface area contributed by atoms with Crippen LogP contribution in [-0.2, 0) is 14.3 Å². The van der Waals surface area contributed by atoms with Crippen molar-refractivity contribution in [3.63, 3.8) is 0 Å². The lowest BCUT2D eigenvalue weighted by molar-refractivity contribution is -0.119.